The number of aromatic nitrogens is 2. The highest BCUT2D eigenvalue weighted by atomic mass is 15.3. The van der Waals surface area contributed by atoms with Crippen LogP contribution in [0.5, 0.6) is 0 Å². The summed E-state index contributed by atoms with van der Waals surface area (Å²) in [5.74, 6) is 0. The van der Waals surface area contributed by atoms with Crippen molar-refractivity contribution in [1.29, 1.82) is 0 Å². The molecule has 1 aliphatic heterocycles. The zero-order valence-corrected chi connectivity index (χ0v) is 12.8. The molecule has 108 valence electrons. The van der Waals surface area contributed by atoms with E-state index in [9.17, 15) is 0 Å². The van der Waals surface area contributed by atoms with Crippen molar-refractivity contribution in [2.75, 3.05) is 19.6 Å². The first-order chi connectivity index (χ1) is 9.11. The molecule has 1 aliphatic rings. The van der Waals surface area contributed by atoms with Crippen LogP contribution in [0.25, 0.3) is 0 Å². The molecule has 2 unspecified atom stereocenters. The minimum absolute atomic E-state index is 0.154. The van der Waals surface area contributed by atoms with Gasteiger partial charge in [-0.15, -0.1) is 0 Å². The van der Waals surface area contributed by atoms with Gasteiger partial charge < -0.3 is 5.32 Å². The number of hydrogen-bond donors (Lipinski definition) is 1. The summed E-state index contributed by atoms with van der Waals surface area (Å²) >= 11 is 0. The molecule has 0 spiro atoms. The van der Waals surface area contributed by atoms with Gasteiger partial charge >= 0.3 is 0 Å². The van der Waals surface area contributed by atoms with Crippen LogP contribution in [0, 0.1) is 0 Å². The maximum atomic E-state index is 4.64. The van der Waals surface area contributed by atoms with E-state index in [1.165, 1.54) is 31.6 Å². The lowest BCUT2D eigenvalue weighted by atomic mass is 9.85. The Kier molecular flexibility index (Phi) is 4.63. The quantitative estimate of drug-likeness (QED) is 0.856. The summed E-state index contributed by atoms with van der Waals surface area (Å²) in [4.78, 5) is 2.65. The van der Waals surface area contributed by atoms with Gasteiger partial charge in [-0.3, -0.25) is 9.58 Å². The first-order valence-corrected chi connectivity index (χ1v) is 7.59. The minimum Gasteiger partial charge on any atom is -0.307 e. The van der Waals surface area contributed by atoms with Gasteiger partial charge in [0.2, 0.25) is 0 Å². The summed E-state index contributed by atoms with van der Waals surface area (Å²) in [6, 6.07) is 2.46. The molecule has 4 heteroatoms. The molecule has 0 amide bonds. The van der Waals surface area contributed by atoms with Crippen LogP contribution < -0.4 is 5.32 Å². The van der Waals surface area contributed by atoms with Gasteiger partial charge in [-0.2, -0.15) is 5.10 Å². The highest BCUT2D eigenvalue weighted by molar-refractivity contribution is 5.14. The molecule has 1 fully saturated rings. The highest BCUT2D eigenvalue weighted by Crippen LogP contribution is 2.35. The Balaban J connectivity index is 2.29. The van der Waals surface area contributed by atoms with Gasteiger partial charge in [-0.25, -0.2) is 0 Å². The highest BCUT2D eigenvalue weighted by Gasteiger charge is 2.40. The van der Waals surface area contributed by atoms with Crippen LogP contribution >= 0.6 is 0 Å². The Bertz CT molecular complexity index is 395. The van der Waals surface area contributed by atoms with Crippen LogP contribution in [0.4, 0.5) is 0 Å². The van der Waals surface area contributed by atoms with Crippen molar-refractivity contribution in [1.82, 2.24) is 20.0 Å². The summed E-state index contributed by atoms with van der Waals surface area (Å²) in [5, 5.41) is 8.31. The van der Waals surface area contributed by atoms with Crippen molar-refractivity contribution in [3.05, 3.63) is 18.0 Å². The molecule has 2 atom stereocenters. The standard InChI is InChI=1S/C15H28N4/c1-5-15(3,19-10-7-8-11-19)14(16-6-2)13-9-12-18(4)17-13/h9,12,14,16H,5-8,10-11H2,1-4H3. The molecule has 1 N–H and O–H groups in total. The average molecular weight is 264 g/mol. The Morgan fingerprint density at radius 2 is 2.05 bits per heavy atom. The Labute approximate surface area is 117 Å². The molecule has 1 aromatic heterocycles. The van der Waals surface area contributed by atoms with E-state index >= 15 is 0 Å². The number of likely N-dealkylation sites (tertiary alicyclic amines) is 1. The second kappa shape index (κ2) is 6.06. The maximum absolute atomic E-state index is 4.64. The largest absolute Gasteiger partial charge is 0.307 e. The zero-order valence-electron chi connectivity index (χ0n) is 12.8. The molecule has 0 aromatic carbocycles. The first-order valence-electron chi connectivity index (χ1n) is 7.59. The Morgan fingerprint density at radius 3 is 2.53 bits per heavy atom. The zero-order chi connectivity index (χ0) is 13.9. The maximum Gasteiger partial charge on any atom is 0.0812 e. The van der Waals surface area contributed by atoms with Gasteiger partial charge in [-0.05, 0) is 51.9 Å². The number of hydrogen-bond acceptors (Lipinski definition) is 3. The van der Waals surface area contributed by atoms with E-state index < -0.39 is 0 Å². The van der Waals surface area contributed by atoms with Crippen molar-refractivity contribution in [3.63, 3.8) is 0 Å². The molecule has 19 heavy (non-hydrogen) atoms. The average Bonchev–Trinajstić information content (AvgIpc) is 3.06. The van der Waals surface area contributed by atoms with Crippen LogP contribution in [0.15, 0.2) is 12.3 Å². The smallest absolute Gasteiger partial charge is 0.0812 e. The van der Waals surface area contributed by atoms with Gasteiger partial charge in [0.25, 0.3) is 0 Å². The van der Waals surface area contributed by atoms with E-state index in [2.05, 4.69) is 42.2 Å². The second-order valence-corrected chi connectivity index (χ2v) is 5.81. The van der Waals surface area contributed by atoms with Crippen molar-refractivity contribution in [2.24, 2.45) is 7.05 Å². The third-order valence-electron chi connectivity index (χ3n) is 4.60. The van der Waals surface area contributed by atoms with Gasteiger partial charge in [0.1, 0.15) is 0 Å². The van der Waals surface area contributed by atoms with E-state index in [1.807, 2.05) is 17.9 Å². The molecular formula is C15H28N4. The molecule has 4 nitrogen and oxygen atoms in total. The van der Waals surface area contributed by atoms with E-state index in [0.717, 1.165) is 13.0 Å². The third-order valence-corrected chi connectivity index (χ3v) is 4.60. The van der Waals surface area contributed by atoms with Gasteiger partial charge in [0.15, 0.2) is 0 Å². The summed E-state index contributed by atoms with van der Waals surface area (Å²) < 4.78 is 1.90. The molecule has 0 bridgehead atoms. The van der Waals surface area contributed by atoms with Gasteiger partial charge in [0, 0.05) is 18.8 Å². The van der Waals surface area contributed by atoms with Crippen molar-refractivity contribution in [3.8, 4) is 0 Å². The van der Waals surface area contributed by atoms with Crippen LogP contribution in [-0.4, -0.2) is 39.9 Å². The minimum atomic E-state index is 0.154. The predicted octanol–water partition coefficient (Wildman–Crippen LogP) is 2.34. The summed E-state index contributed by atoms with van der Waals surface area (Å²) in [6.07, 6.45) is 5.84. The normalized spacial score (nSPS) is 21.5. The van der Waals surface area contributed by atoms with E-state index in [-0.39, 0.29) is 5.54 Å². The van der Waals surface area contributed by atoms with Crippen molar-refractivity contribution >= 4 is 0 Å². The third kappa shape index (κ3) is 2.84. The number of rotatable bonds is 6. The summed E-state index contributed by atoms with van der Waals surface area (Å²) in [6.45, 7) is 10.3. The summed E-state index contributed by atoms with van der Waals surface area (Å²) in [7, 11) is 1.99. The first kappa shape index (κ1) is 14.5. The molecule has 0 radical (unpaired) electrons. The van der Waals surface area contributed by atoms with Crippen molar-refractivity contribution < 1.29 is 0 Å². The van der Waals surface area contributed by atoms with Crippen LogP contribution in [0.2, 0.25) is 0 Å². The number of aryl methyl sites for hydroxylation is 1. The van der Waals surface area contributed by atoms with Gasteiger partial charge in [-0.1, -0.05) is 13.8 Å². The van der Waals surface area contributed by atoms with Gasteiger partial charge in [0.05, 0.1) is 11.7 Å². The number of nitrogens with one attached hydrogen (secondary N) is 1. The Morgan fingerprint density at radius 1 is 1.37 bits per heavy atom. The fourth-order valence-corrected chi connectivity index (χ4v) is 3.27. The van der Waals surface area contributed by atoms with Crippen LogP contribution in [0.3, 0.4) is 0 Å². The van der Waals surface area contributed by atoms with Crippen LogP contribution in [0.1, 0.15) is 51.8 Å². The monoisotopic (exact) mass is 264 g/mol. The molecule has 0 saturated carbocycles. The topological polar surface area (TPSA) is 33.1 Å². The van der Waals surface area contributed by atoms with Crippen molar-refractivity contribution in [2.45, 2.75) is 51.6 Å². The van der Waals surface area contributed by atoms with E-state index in [1.54, 1.807) is 0 Å². The van der Waals surface area contributed by atoms with E-state index in [4.69, 9.17) is 0 Å². The number of likely N-dealkylation sites (N-methyl/N-ethyl adjacent to an activating group) is 1. The molecule has 2 rings (SSSR count). The fourth-order valence-electron chi connectivity index (χ4n) is 3.27. The fraction of sp³-hybridized carbons (Fsp3) is 0.800. The van der Waals surface area contributed by atoms with E-state index in [0.29, 0.717) is 6.04 Å². The SMILES string of the molecule is CCNC(c1ccn(C)n1)C(C)(CC)N1CCCC1. The molecule has 0 aliphatic carbocycles. The lowest BCUT2D eigenvalue weighted by Gasteiger charge is -2.44. The van der Waals surface area contributed by atoms with Crippen LogP contribution in [-0.2, 0) is 7.05 Å². The lowest BCUT2D eigenvalue weighted by Crippen LogP contribution is -2.53. The molecule has 1 aromatic rings. The summed E-state index contributed by atoms with van der Waals surface area (Å²) in [5.41, 5.74) is 1.32. The molecule has 2 heterocycles. The number of nitrogens with zero attached hydrogens (tertiary/aromatic N) is 3. The lowest BCUT2D eigenvalue weighted by molar-refractivity contribution is 0.0827. The Hall–Kier alpha value is -0.870. The molecule has 1 saturated heterocycles. The second-order valence-electron chi connectivity index (χ2n) is 5.81. The predicted molar refractivity (Wildman–Crippen MR) is 79.1 cm³/mol. The molecular weight excluding hydrogens is 236 g/mol.